The molecule has 16 heteroatoms. The van der Waals surface area contributed by atoms with Gasteiger partial charge >= 0.3 is 17.9 Å². The van der Waals surface area contributed by atoms with Gasteiger partial charge in [0.15, 0.2) is 6.61 Å². The molecule has 2 fully saturated rings. The zero-order chi connectivity index (χ0) is 42.7. The quantitative estimate of drug-likeness (QED) is 0.0428. The Morgan fingerprint density at radius 1 is 0.814 bits per heavy atom. The standard InChI is InChI=1S/C43H60N4O12/c1-2-3-4-11-29(15-16-30-31-23-27-10-9-14-36(58-26-40(53)54)32(27)24-28(31)25-35(30)48)59-41(55)20-18-38(50)45-22-8-6-13-34-43(57)46-33(42(56)47-34)12-5-7-21-44-37(49)17-19-39(51)52/h9-10,14,17-20,28-31,33-35,48H,2-8,11-13,15-16,21-26H2,1H3,(H,44,49)(H,45,50)(H,46,57)(H,47,56)(H,51,52)(H,53,54)/b19-17+,20-18+/t28-,29-,30+,31-,33?,34?,35+/m0/s1. The Morgan fingerprint density at radius 3 is 2.07 bits per heavy atom. The van der Waals surface area contributed by atoms with Crippen molar-refractivity contribution in [3.8, 4) is 5.75 Å². The molecule has 59 heavy (non-hydrogen) atoms. The lowest BCUT2D eigenvalue weighted by Gasteiger charge is -2.32. The average Bonchev–Trinajstić information content (AvgIpc) is 3.50. The Labute approximate surface area is 344 Å². The van der Waals surface area contributed by atoms with E-state index in [1.54, 1.807) is 6.07 Å². The molecular formula is C43H60N4O12. The van der Waals surface area contributed by atoms with Gasteiger partial charge in [0.1, 0.15) is 23.9 Å². The van der Waals surface area contributed by atoms with Gasteiger partial charge in [0.2, 0.25) is 23.6 Å². The van der Waals surface area contributed by atoms with E-state index in [1.165, 1.54) is 0 Å². The molecule has 4 amide bonds. The van der Waals surface area contributed by atoms with E-state index in [0.29, 0.717) is 89.5 Å². The second-order valence-corrected chi connectivity index (χ2v) is 15.7. The number of carboxylic acids is 2. The fraction of sp³-hybridized carbons (Fsp3) is 0.605. The second-order valence-electron chi connectivity index (χ2n) is 15.7. The van der Waals surface area contributed by atoms with Crippen LogP contribution in [0, 0.1) is 17.8 Å². The molecule has 0 radical (unpaired) electrons. The summed E-state index contributed by atoms with van der Waals surface area (Å²) in [5.41, 5.74) is 2.13. The Hall–Kier alpha value is -5.25. The summed E-state index contributed by atoms with van der Waals surface area (Å²) >= 11 is 0. The van der Waals surface area contributed by atoms with Crippen molar-refractivity contribution >= 4 is 41.5 Å². The van der Waals surface area contributed by atoms with Crippen molar-refractivity contribution in [3.05, 3.63) is 53.6 Å². The van der Waals surface area contributed by atoms with Crippen molar-refractivity contribution in [1.82, 2.24) is 21.3 Å². The van der Waals surface area contributed by atoms with Crippen molar-refractivity contribution in [2.75, 3.05) is 19.7 Å². The number of carboxylic acid groups (broad SMARTS) is 2. The van der Waals surface area contributed by atoms with Gasteiger partial charge in [0, 0.05) is 37.4 Å². The zero-order valence-electron chi connectivity index (χ0n) is 33.8. The van der Waals surface area contributed by atoms with E-state index in [4.69, 9.17) is 19.7 Å². The van der Waals surface area contributed by atoms with Crippen molar-refractivity contribution < 1.29 is 58.4 Å². The Kier molecular flexibility index (Phi) is 18.9. The average molecular weight is 825 g/mol. The van der Waals surface area contributed by atoms with E-state index in [-0.39, 0.29) is 35.7 Å². The first-order valence-electron chi connectivity index (χ1n) is 20.9. The highest BCUT2D eigenvalue weighted by Crippen LogP contribution is 2.48. The lowest BCUT2D eigenvalue weighted by Crippen LogP contribution is -2.61. The number of hydrogen-bond donors (Lipinski definition) is 7. The smallest absolute Gasteiger partial charge is 0.341 e. The van der Waals surface area contributed by atoms with Crippen LogP contribution in [-0.4, -0.2) is 101 Å². The van der Waals surface area contributed by atoms with Gasteiger partial charge in [-0.1, -0.05) is 31.9 Å². The number of aliphatic hydroxyl groups is 1. The summed E-state index contributed by atoms with van der Waals surface area (Å²) in [6, 6.07) is 4.34. The molecular weight excluding hydrogens is 764 g/mol. The maximum absolute atomic E-state index is 12.8. The van der Waals surface area contributed by atoms with Crippen LogP contribution in [0.1, 0.15) is 102 Å². The Bertz CT molecular complexity index is 1700. The number of rotatable bonds is 25. The molecule has 324 valence electrons. The molecule has 7 atom stereocenters. The maximum atomic E-state index is 12.8. The lowest BCUT2D eigenvalue weighted by atomic mass is 9.73. The summed E-state index contributed by atoms with van der Waals surface area (Å²) < 4.78 is 11.4. The molecule has 16 nitrogen and oxygen atoms in total. The van der Waals surface area contributed by atoms with Gasteiger partial charge < -0.3 is 46.1 Å². The number of esters is 1. The second kappa shape index (κ2) is 24.0. The normalized spacial score (nSPS) is 22.8. The molecule has 0 bridgehead atoms. The summed E-state index contributed by atoms with van der Waals surface area (Å²) in [6.07, 6.45) is 13.0. The number of ether oxygens (including phenoxy) is 2. The van der Waals surface area contributed by atoms with Gasteiger partial charge in [0.25, 0.3) is 0 Å². The van der Waals surface area contributed by atoms with E-state index in [2.05, 4.69) is 28.2 Å². The van der Waals surface area contributed by atoms with E-state index >= 15 is 0 Å². The van der Waals surface area contributed by atoms with Crippen LogP contribution in [0.15, 0.2) is 42.5 Å². The first-order chi connectivity index (χ1) is 28.3. The van der Waals surface area contributed by atoms with Gasteiger partial charge in [-0.2, -0.15) is 0 Å². The molecule has 1 heterocycles. The molecule has 0 aromatic heterocycles. The summed E-state index contributed by atoms with van der Waals surface area (Å²) in [6.45, 7) is 2.30. The largest absolute Gasteiger partial charge is 0.482 e. The molecule has 2 aliphatic carbocycles. The first-order valence-corrected chi connectivity index (χ1v) is 20.9. The zero-order valence-corrected chi connectivity index (χ0v) is 33.8. The number of aliphatic hydroxyl groups excluding tert-OH is 1. The third-order valence-electron chi connectivity index (χ3n) is 11.4. The molecule has 2 unspecified atom stereocenters. The predicted octanol–water partition coefficient (Wildman–Crippen LogP) is 2.89. The van der Waals surface area contributed by atoms with Crippen molar-refractivity contribution in [1.29, 1.82) is 0 Å². The molecule has 7 N–H and O–H groups in total. The number of carbonyl (C=O) groups excluding carboxylic acids is 5. The number of benzene rings is 1. The minimum atomic E-state index is -1.22. The van der Waals surface area contributed by atoms with E-state index in [0.717, 1.165) is 61.1 Å². The number of aliphatic carboxylic acids is 2. The van der Waals surface area contributed by atoms with Crippen LogP contribution in [0.4, 0.5) is 0 Å². The van der Waals surface area contributed by atoms with Crippen LogP contribution in [0.25, 0.3) is 0 Å². The molecule has 4 rings (SSSR count). The van der Waals surface area contributed by atoms with Crippen molar-refractivity contribution in [3.63, 3.8) is 0 Å². The van der Waals surface area contributed by atoms with Gasteiger partial charge in [-0.3, -0.25) is 19.2 Å². The van der Waals surface area contributed by atoms with Crippen molar-refractivity contribution in [2.45, 2.75) is 128 Å². The number of nitrogens with one attached hydrogen (secondary N) is 4. The highest BCUT2D eigenvalue weighted by atomic mass is 16.5. The molecule has 1 aliphatic heterocycles. The van der Waals surface area contributed by atoms with Crippen LogP contribution < -0.4 is 26.0 Å². The molecule has 1 aromatic carbocycles. The van der Waals surface area contributed by atoms with Crippen molar-refractivity contribution in [2.24, 2.45) is 17.8 Å². The van der Waals surface area contributed by atoms with E-state index in [1.807, 2.05) is 12.1 Å². The maximum Gasteiger partial charge on any atom is 0.341 e. The van der Waals surface area contributed by atoms with Crippen LogP contribution in [-0.2, 0) is 51.1 Å². The number of amides is 4. The minimum absolute atomic E-state index is 0.0355. The summed E-state index contributed by atoms with van der Waals surface area (Å²) in [7, 11) is 0. The molecule has 1 saturated carbocycles. The Morgan fingerprint density at radius 2 is 1.46 bits per heavy atom. The first kappa shape index (κ1) is 46.4. The number of hydrogen-bond acceptors (Lipinski definition) is 10. The topological polar surface area (TPSA) is 247 Å². The number of carbonyl (C=O) groups is 7. The highest BCUT2D eigenvalue weighted by molar-refractivity contribution is 5.97. The monoisotopic (exact) mass is 824 g/mol. The summed E-state index contributed by atoms with van der Waals surface area (Å²) in [5.74, 6) is -3.30. The Balaban J connectivity index is 1.14. The molecule has 1 saturated heterocycles. The van der Waals surface area contributed by atoms with Gasteiger partial charge in [0.05, 0.1) is 6.10 Å². The molecule has 3 aliphatic rings. The fourth-order valence-electron chi connectivity index (χ4n) is 8.41. The van der Waals surface area contributed by atoms with E-state index < -0.39 is 54.5 Å². The van der Waals surface area contributed by atoms with Crippen LogP contribution >= 0.6 is 0 Å². The minimum Gasteiger partial charge on any atom is -0.482 e. The highest BCUT2D eigenvalue weighted by Gasteiger charge is 2.45. The van der Waals surface area contributed by atoms with Crippen LogP contribution in [0.3, 0.4) is 0 Å². The molecule has 1 aromatic rings. The number of piperazine rings is 1. The van der Waals surface area contributed by atoms with Crippen LogP contribution in [0.5, 0.6) is 5.75 Å². The fourth-order valence-corrected chi connectivity index (χ4v) is 8.41. The SMILES string of the molecule is CCCCC[C@@H](CC[C@@H]1[C@H]2Cc3cccc(OCC(=O)O)c3C[C@H]2C[C@H]1O)OC(=O)/C=C/C(=O)NCCCCC1NC(=O)C(CCCCNC(=O)/C=C/C(=O)O)NC1=O. The van der Waals surface area contributed by atoms with Gasteiger partial charge in [-0.15, -0.1) is 0 Å². The molecule has 0 spiro atoms. The van der Waals surface area contributed by atoms with Gasteiger partial charge in [-0.05, 0) is 118 Å². The van der Waals surface area contributed by atoms with Crippen LogP contribution in [0.2, 0.25) is 0 Å². The van der Waals surface area contributed by atoms with Gasteiger partial charge in [-0.25, -0.2) is 14.4 Å². The summed E-state index contributed by atoms with van der Waals surface area (Å²) in [4.78, 5) is 83.5. The number of fused-ring (bicyclic) bond motifs is 2. The third-order valence-corrected chi connectivity index (χ3v) is 11.4. The summed E-state index contributed by atoms with van der Waals surface area (Å²) in [5, 5.41) is 39.6. The van der Waals surface area contributed by atoms with E-state index in [9.17, 15) is 38.7 Å². The third kappa shape index (κ3) is 15.5. The number of unbranched alkanes of at least 4 members (excludes halogenated alkanes) is 4. The lowest BCUT2D eigenvalue weighted by molar-refractivity contribution is -0.144. The predicted molar refractivity (Wildman–Crippen MR) is 215 cm³/mol.